The van der Waals surface area contributed by atoms with Crippen molar-refractivity contribution < 1.29 is 15.0 Å². The van der Waals surface area contributed by atoms with Crippen molar-refractivity contribution in [2.75, 3.05) is 11.9 Å². The lowest BCUT2D eigenvalue weighted by Crippen LogP contribution is -2.07. The van der Waals surface area contributed by atoms with Crippen LogP contribution in [0.3, 0.4) is 0 Å². The normalized spacial score (nSPS) is 8.64. The SMILES string of the molecule is O=C(O)Nc1cncc(C#CCO)c1. The molecule has 0 spiro atoms. The first-order valence-electron chi connectivity index (χ1n) is 3.77. The Hall–Kier alpha value is -2.06. The Morgan fingerprint density at radius 1 is 1.57 bits per heavy atom. The van der Waals surface area contributed by atoms with Gasteiger partial charge in [0, 0.05) is 11.8 Å². The largest absolute Gasteiger partial charge is 0.465 e. The highest BCUT2D eigenvalue weighted by Gasteiger charge is 1.97. The molecule has 1 aromatic heterocycles. The van der Waals surface area contributed by atoms with Gasteiger partial charge in [0.1, 0.15) is 6.61 Å². The number of carbonyl (C=O) groups is 1. The van der Waals surface area contributed by atoms with Crippen LogP contribution < -0.4 is 5.32 Å². The van der Waals surface area contributed by atoms with E-state index < -0.39 is 6.09 Å². The molecular formula is C9H8N2O3. The van der Waals surface area contributed by atoms with E-state index in [0.717, 1.165) is 0 Å². The summed E-state index contributed by atoms with van der Waals surface area (Å²) in [5.41, 5.74) is 0.896. The molecule has 0 unspecified atom stereocenters. The number of aromatic nitrogens is 1. The molecule has 14 heavy (non-hydrogen) atoms. The van der Waals surface area contributed by atoms with Crippen molar-refractivity contribution in [3.05, 3.63) is 24.0 Å². The minimum absolute atomic E-state index is 0.239. The zero-order valence-corrected chi connectivity index (χ0v) is 7.19. The van der Waals surface area contributed by atoms with Gasteiger partial charge < -0.3 is 10.2 Å². The van der Waals surface area contributed by atoms with Crippen LogP contribution in [0.25, 0.3) is 0 Å². The zero-order chi connectivity index (χ0) is 10.4. The van der Waals surface area contributed by atoms with Crippen molar-refractivity contribution in [3.63, 3.8) is 0 Å². The number of hydrogen-bond acceptors (Lipinski definition) is 3. The number of hydrogen-bond donors (Lipinski definition) is 3. The van der Waals surface area contributed by atoms with Gasteiger partial charge in [-0.05, 0) is 6.07 Å². The molecule has 5 heteroatoms. The van der Waals surface area contributed by atoms with Gasteiger partial charge in [0.05, 0.1) is 11.9 Å². The molecule has 0 aliphatic rings. The molecule has 1 aromatic rings. The highest BCUT2D eigenvalue weighted by Crippen LogP contribution is 2.06. The van der Waals surface area contributed by atoms with Crippen LogP contribution in [0.2, 0.25) is 0 Å². The average molecular weight is 192 g/mol. The second-order valence-electron chi connectivity index (χ2n) is 2.35. The molecule has 1 heterocycles. The molecule has 0 aliphatic carbocycles. The van der Waals surface area contributed by atoms with Crippen LogP contribution in [0.15, 0.2) is 18.5 Å². The van der Waals surface area contributed by atoms with Crippen LogP contribution in [0.4, 0.5) is 10.5 Å². The van der Waals surface area contributed by atoms with Gasteiger partial charge in [-0.3, -0.25) is 10.3 Å². The second kappa shape index (κ2) is 4.84. The van der Waals surface area contributed by atoms with Crippen molar-refractivity contribution in [3.8, 4) is 11.8 Å². The number of aliphatic hydroxyl groups is 1. The summed E-state index contributed by atoms with van der Waals surface area (Å²) in [6.45, 7) is -0.239. The number of pyridine rings is 1. The van der Waals surface area contributed by atoms with E-state index in [9.17, 15) is 4.79 Å². The number of nitrogens with zero attached hydrogens (tertiary/aromatic N) is 1. The molecule has 0 fully saturated rings. The summed E-state index contributed by atoms with van der Waals surface area (Å²) in [5, 5.41) is 19.0. The summed E-state index contributed by atoms with van der Waals surface area (Å²) in [5.74, 6) is 5.05. The third-order valence-electron chi connectivity index (χ3n) is 1.30. The van der Waals surface area contributed by atoms with Gasteiger partial charge in [-0.1, -0.05) is 11.8 Å². The van der Waals surface area contributed by atoms with Crippen molar-refractivity contribution in [1.29, 1.82) is 0 Å². The van der Waals surface area contributed by atoms with Crippen molar-refractivity contribution in [1.82, 2.24) is 4.98 Å². The molecule has 0 saturated carbocycles. The molecule has 1 amide bonds. The van der Waals surface area contributed by atoms with E-state index in [1.165, 1.54) is 18.5 Å². The summed E-state index contributed by atoms with van der Waals surface area (Å²) in [6, 6.07) is 1.53. The molecule has 0 radical (unpaired) electrons. The Morgan fingerprint density at radius 3 is 3.00 bits per heavy atom. The van der Waals surface area contributed by atoms with Crippen LogP contribution in [-0.2, 0) is 0 Å². The van der Waals surface area contributed by atoms with Crippen LogP contribution in [0, 0.1) is 11.8 Å². The van der Waals surface area contributed by atoms with Crippen molar-refractivity contribution in [2.45, 2.75) is 0 Å². The standard InChI is InChI=1S/C9H8N2O3/c12-3-1-2-7-4-8(6-10-5-7)11-9(13)14/h4-6,11-12H,3H2,(H,13,14). The van der Waals surface area contributed by atoms with E-state index in [2.05, 4.69) is 22.1 Å². The van der Waals surface area contributed by atoms with Gasteiger partial charge in [0.15, 0.2) is 0 Å². The van der Waals surface area contributed by atoms with Crippen molar-refractivity contribution >= 4 is 11.8 Å². The van der Waals surface area contributed by atoms with Crippen LogP contribution in [0.1, 0.15) is 5.56 Å². The second-order valence-corrected chi connectivity index (χ2v) is 2.35. The van der Waals surface area contributed by atoms with Gasteiger partial charge in [0.25, 0.3) is 0 Å². The fourth-order valence-electron chi connectivity index (χ4n) is 0.842. The zero-order valence-electron chi connectivity index (χ0n) is 7.19. The molecule has 0 aliphatic heterocycles. The van der Waals surface area contributed by atoms with E-state index >= 15 is 0 Å². The first-order valence-corrected chi connectivity index (χ1v) is 3.77. The average Bonchev–Trinajstić information content (AvgIpc) is 2.14. The lowest BCUT2D eigenvalue weighted by atomic mass is 10.2. The Morgan fingerprint density at radius 2 is 2.36 bits per heavy atom. The quantitative estimate of drug-likeness (QED) is 0.566. The van der Waals surface area contributed by atoms with Gasteiger partial charge in [-0.2, -0.15) is 0 Å². The molecule has 0 atom stereocenters. The molecule has 0 saturated heterocycles. The smallest absolute Gasteiger partial charge is 0.409 e. The first kappa shape index (κ1) is 10.0. The van der Waals surface area contributed by atoms with Gasteiger partial charge in [-0.15, -0.1) is 0 Å². The number of amides is 1. The van der Waals surface area contributed by atoms with E-state index in [1.807, 2.05) is 0 Å². The Labute approximate surface area is 80.4 Å². The Kier molecular flexibility index (Phi) is 3.47. The van der Waals surface area contributed by atoms with Crippen LogP contribution >= 0.6 is 0 Å². The number of rotatable bonds is 1. The molecular weight excluding hydrogens is 184 g/mol. The third-order valence-corrected chi connectivity index (χ3v) is 1.30. The summed E-state index contributed by atoms with van der Waals surface area (Å²) in [4.78, 5) is 14.1. The number of anilines is 1. The fourth-order valence-corrected chi connectivity index (χ4v) is 0.842. The maximum Gasteiger partial charge on any atom is 0.409 e. The minimum atomic E-state index is -1.15. The van der Waals surface area contributed by atoms with E-state index in [4.69, 9.17) is 10.2 Å². The summed E-state index contributed by atoms with van der Waals surface area (Å²) in [7, 11) is 0. The molecule has 1 rings (SSSR count). The monoisotopic (exact) mass is 192 g/mol. The van der Waals surface area contributed by atoms with E-state index in [0.29, 0.717) is 11.3 Å². The molecule has 5 nitrogen and oxygen atoms in total. The number of aliphatic hydroxyl groups excluding tert-OH is 1. The lowest BCUT2D eigenvalue weighted by Gasteiger charge is -1.99. The predicted molar refractivity (Wildman–Crippen MR) is 49.8 cm³/mol. The molecule has 3 N–H and O–H groups in total. The fraction of sp³-hybridized carbons (Fsp3) is 0.111. The molecule has 0 aromatic carbocycles. The van der Waals surface area contributed by atoms with Gasteiger partial charge in [0.2, 0.25) is 0 Å². The van der Waals surface area contributed by atoms with Crippen molar-refractivity contribution in [2.24, 2.45) is 0 Å². The van der Waals surface area contributed by atoms with Gasteiger partial charge in [-0.25, -0.2) is 4.79 Å². The van der Waals surface area contributed by atoms with Gasteiger partial charge >= 0.3 is 6.09 Å². The van der Waals surface area contributed by atoms with Crippen LogP contribution in [0.5, 0.6) is 0 Å². The maximum atomic E-state index is 10.3. The maximum absolute atomic E-state index is 10.3. The lowest BCUT2D eigenvalue weighted by molar-refractivity contribution is 0.209. The number of carboxylic acid groups (broad SMARTS) is 1. The minimum Gasteiger partial charge on any atom is -0.465 e. The summed E-state index contributed by atoms with van der Waals surface area (Å²) < 4.78 is 0. The van der Waals surface area contributed by atoms with E-state index in [1.54, 1.807) is 0 Å². The van der Waals surface area contributed by atoms with E-state index in [-0.39, 0.29) is 6.61 Å². The highest BCUT2D eigenvalue weighted by atomic mass is 16.4. The third kappa shape index (κ3) is 3.13. The summed E-state index contributed by atoms with van der Waals surface area (Å²) >= 11 is 0. The molecule has 72 valence electrons. The Bertz CT molecular complexity index is 393. The highest BCUT2D eigenvalue weighted by molar-refractivity contribution is 5.82. The van der Waals surface area contributed by atoms with Crippen LogP contribution in [-0.4, -0.2) is 27.9 Å². The summed E-state index contributed by atoms with van der Waals surface area (Å²) in [6.07, 6.45) is 1.70. The predicted octanol–water partition coefficient (Wildman–Crippen LogP) is 0.515. The number of nitrogens with one attached hydrogen (secondary N) is 1. The topological polar surface area (TPSA) is 82.5 Å². The molecule has 0 bridgehead atoms. The Balaban J connectivity index is 2.84. The first-order chi connectivity index (χ1) is 6.72.